The topological polar surface area (TPSA) is 52.8 Å². The Bertz CT molecular complexity index is 3120. The molecule has 0 radical (unpaired) electrons. The number of hydrogen-bond donors (Lipinski definition) is 0. The largest absolute Gasteiger partial charge is 0.457 e. The normalized spacial score (nSPS) is 13.6. The van der Waals surface area contributed by atoms with E-state index >= 15 is 0 Å². The van der Waals surface area contributed by atoms with E-state index in [0.717, 1.165) is 61.1 Å². The van der Waals surface area contributed by atoms with E-state index in [1.165, 1.54) is 33.0 Å². The third kappa shape index (κ3) is 3.73. The third-order valence-corrected chi connectivity index (χ3v) is 11.3. The van der Waals surface area contributed by atoms with Gasteiger partial charge in [0.1, 0.15) is 11.5 Å². The average Bonchev–Trinajstić information content (AvgIpc) is 3.71. The molecule has 2 aliphatic rings. The highest BCUT2D eigenvalue weighted by Gasteiger charge is 2.51. The molecule has 0 fully saturated rings. The average molecular weight is 677 g/mol. The molecule has 0 atom stereocenters. The molecule has 1 aliphatic carbocycles. The lowest BCUT2D eigenvalue weighted by Gasteiger charge is -2.39. The van der Waals surface area contributed by atoms with Gasteiger partial charge in [-0.1, -0.05) is 127 Å². The Morgan fingerprint density at radius 2 is 1.19 bits per heavy atom. The zero-order valence-electron chi connectivity index (χ0n) is 28.4. The number of aromatic nitrogens is 4. The standard InChI is InChI=1S/C48H28N4O/c1-2-14-30(15-3-1)45-34-19-12-26-49-46(34)51-47(50-45)52-40-25-24-29-13-4-5-16-31(29)44(40)35-27-39-43(28-41(35)52)53-42-23-11-10-22-38(42)48(39)36-20-8-6-17-32(36)33-18-7-9-21-37(33)48/h1-28H. The molecule has 5 heteroatoms. The summed E-state index contributed by atoms with van der Waals surface area (Å²) in [6.07, 6.45) is 1.80. The Labute approximate surface area is 304 Å². The number of benzene rings is 7. The number of rotatable bonds is 2. The van der Waals surface area contributed by atoms with Gasteiger partial charge in [-0.2, -0.15) is 4.98 Å². The lowest BCUT2D eigenvalue weighted by molar-refractivity contribution is 0.437. The van der Waals surface area contributed by atoms with Crippen molar-refractivity contribution < 1.29 is 4.74 Å². The van der Waals surface area contributed by atoms with E-state index in [0.29, 0.717) is 11.6 Å². The summed E-state index contributed by atoms with van der Waals surface area (Å²) >= 11 is 0. The summed E-state index contributed by atoms with van der Waals surface area (Å²) in [5, 5.41) is 5.53. The highest BCUT2D eigenvalue weighted by Crippen LogP contribution is 2.62. The molecule has 3 aromatic heterocycles. The van der Waals surface area contributed by atoms with E-state index < -0.39 is 5.41 Å². The minimum absolute atomic E-state index is 0.563. The number of fused-ring (bicyclic) bond motifs is 15. The van der Waals surface area contributed by atoms with Gasteiger partial charge in [0.05, 0.1) is 22.1 Å². The van der Waals surface area contributed by atoms with Crippen molar-refractivity contribution in [2.24, 2.45) is 0 Å². The molecule has 0 saturated heterocycles. The molecule has 0 amide bonds. The Morgan fingerprint density at radius 3 is 2.02 bits per heavy atom. The summed E-state index contributed by atoms with van der Waals surface area (Å²) in [7, 11) is 0. The monoisotopic (exact) mass is 676 g/mol. The number of ether oxygens (including phenoxy) is 1. The van der Waals surface area contributed by atoms with E-state index in [1.807, 2.05) is 30.3 Å². The number of hydrogen-bond acceptors (Lipinski definition) is 4. The first kappa shape index (κ1) is 28.6. The zero-order valence-corrected chi connectivity index (χ0v) is 28.4. The van der Waals surface area contributed by atoms with Crippen LogP contribution >= 0.6 is 0 Å². The van der Waals surface area contributed by atoms with Gasteiger partial charge >= 0.3 is 0 Å². The molecule has 12 rings (SSSR count). The molecule has 0 N–H and O–H groups in total. The van der Waals surface area contributed by atoms with Gasteiger partial charge in [-0.15, -0.1) is 0 Å². The van der Waals surface area contributed by atoms with Crippen LogP contribution in [0.3, 0.4) is 0 Å². The quantitative estimate of drug-likeness (QED) is 0.183. The summed E-state index contributed by atoms with van der Waals surface area (Å²) in [4.78, 5) is 15.3. The number of nitrogens with zero attached hydrogens (tertiary/aromatic N) is 4. The summed E-state index contributed by atoms with van der Waals surface area (Å²) in [5.74, 6) is 2.24. The molecule has 5 nitrogen and oxygen atoms in total. The minimum atomic E-state index is -0.575. The van der Waals surface area contributed by atoms with Crippen molar-refractivity contribution >= 4 is 43.6 Å². The highest BCUT2D eigenvalue weighted by molar-refractivity contribution is 6.22. The maximum absolute atomic E-state index is 6.97. The molecular weight excluding hydrogens is 649 g/mol. The molecule has 0 bridgehead atoms. The van der Waals surface area contributed by atoms with Crippen molar-refractivity contribution in [3.8, 4) is 39.8 Å². The van der Waals surface area contributed by atoms with Gasteiger partial charge in [0.25, 0.3) is 0 Å². The molecule has 0 saturated carbocycles. The van der Waals surface area contributed by atoms with Crippen molar-refractivity contribution in [2.45, 2.75) is 5.41 Å². The summed E-state index contributed by atoms with van der Waals surface area (Å²) in [6.45, 7) is 0. The highest BCUT2D eigenvalue weighted by atomic mass is 16.5. The fourth-order valence-electron chi connectivity index (χ4n) is 9.22. The van der Waals surface area contributed by atoms with Crippen molar-refractivity contribution in [3.05, 3.63) is 192 Å². The summed E-state index contributed by atoms with van der Waals surface area (Å²) in [5.41, 5.74) is 11.2. The third-order valence-electron chi connectivity index (χ3n) is 11.3. The van der Waals surface area contributed by atoms with Crippen LogP contribution < -0.4 is 4.74 Å². The summed E-state index contributed by atoms with van der Waals surface area (Å²) < 4.78 is 9.17. The second-order valence-corrected chi connectivity index (χ2v) is 13.9. The molecule has 10 aromatic rings. The van der Waals surface area contributed by atoms with E-state index in [4.69, 9.17) is 19.7 Å². The van der Waals surface area contributed by atoms with E-state index in [9.17, 15) is 0 Å². The fraction of sp³-hybridized carbons (Fsp3) is 0.0208. The van der Waals surface area contributed by atoms with E-state index in [-0.39, 0.29) is 0 Å². The Morgan fingerprint density at radius 1 is 0.491 bits per heavy atom. The van der Waals surface area contributed by atoms with Crippen molar-refractivity contribution in [1.29, 1.82) is 0 Å². The number of para-hydroxylation sites is 1. The van der Waals surface area contributed by atoms with Crippen LogP contribution in [-0.2, 0) is 5.41 Å². The molecule has 0 unspecified atom stereocenters. The van der Waals surface area contributed by atoms with Crippen molar-refractivity contribution in [1.82, 2.24) is 19.5 Å². The maximum Gasteiger partial charge on any atom is 0.237 e. The molecule has 7 aromatic carbocycles. The number of pyridine rings is 1. The van der Waals surface area contributed by atoms with Gasteiger partial charge in [0, 0.05) is 45.1 Å². The van der Waals surface area contributed by atoms with E-state index in [1.54, 1.807) is 6.20 Å². The first-order chi connectivity index (χ1) is 26.3. The molecular formula is C48H28N4O. The molecule has 1 spiro atoms. The van der Waals surface area contributed by atoms with Crippen LogP contribution in [0.25, 0.3) is 71.9 Å². The summed E-state index contributed by atoms with van der Waals surface area (Å²) in [6, 6.07) is 58.2. The van der Waals surface area contributed by atoms with Crippen molar-refractivity contribution in [3.63, 3.8) is 0 Å². The van der Waals surface area contributed by atoms with Gasteiger partial charge in [-0.3, -0.25) is 4.57 Å². The first-order valence-corrected chi connectivity index (χ1v) is 17.9. The second-order valence-electron chi connectivity index (χ2n) is 13.9. The smallest absolute Gasteiger partial charge is 0.237 e. The van der Waals surface area contributed by atoms with Gasteiger partial charge in [0.15, 0.2) is 5.65 Å². The van der Waals surface area contributed by atoms with Gasteiger partial charge < -0.3 is 4.74 Å². The van der Waals surface area contributed by atoms with Crippen LogP contribution in [0, 0.1) is 0 Å². The van der Waals surface area contributed by atoms with Gasteiger partial charge in [-0.05, 0) is 63.4 Å². The Hall–Kier alpha value is -7.11. The lowest BCUT2D eigenvalue weighted by atomic mass is 9.66. The van der Waals surface area contributed by atoms with Gasteiger partial charge in [-0.25, -0.2) is 9.97 Å². The first-order valence-electron chi connectivity index (χ1n) is 17.9. The minimum Gasteiger partial charge on any atom is -0.457 e. The molecule has 246 valence electrons. The predicted molar refractivity (Wildman–Crippen MR) is 212 cm³/mol. The Kier molecular flexibility index (Phi) is 5.64. The van der Waals surface area contributed by atoms with Crippen LogP contribution in [0.4, 0.5) is 0 Å². The van der Waals surface area contributed by atoms with Crippen LogP contribution in [0.5, 0.6) is 11.5 Å². The molecule has 1 aliphatic heterocycles. The second kappa shape index (κ2) is 10.5. The molecule has 53 heavy (non-hydrogen) atoms. The van der Waals surface area contributed by atoms with Gasteiger partial charge in [0.2, 0.25) is 5.95 Å². The predicted octanol–water partition coefficient (Wildman–Crippen LogP) is 11.4. The van der Waals surface area contributed by atoms with E-state index in [2.05, 4.69) is 138 Å². The Balaban J connectivity index is 1.25. The lowest BCUT2D eigenvalue weighted by Crippen LogP contribution is -2.32. The SMILES string of the molecule is c1ccc(-c2nc(-n3c4cc5c(cc4c4c6ccccc6ccc43)C3(c4ccccc4O5)c4ccccc4-c4ccccc43)nc3ncccc23)cc1. The fourth-order valence-corrected chi connectivity index (χ4v) is 9.22. The zero-order chi connectivity index (χ0) is 34.7. The van der Waals surface area contributed by atoms with Crippen LogP contribution in [0.1, 0.15) is 22.3 Å². The van der Waals surface area contributed by atoms with Crippen LogP contribution in [0.2, 0.25) is 0 Å². The maximum atomic E-state index is 6.97. The molecule has 4 heterocycles. The van der Waals surface area contributed by atoms with Crippen LogP contribution in [-0.4, -0.2) is 19.5 Å². The van der Waals surface area contributed by atoms with Crippen LogP contribution in [0.15, 0.2) is 170 Å². The van der Waals surface area contributed by atoms with Crippen molar-refractivity contribution in [2.75, 3.05) is 0 Å².